The van der Waals surface area contributed by atoms with Gasteiger partial charge in [-0.15, -0.1) is 10.2 Å². The van der Waals surface area contributed by atoms with E-state index < -0.39 is 0 Å². The average Bonchev–Trinajstić information content (AvgIpc) is 3.23. The van der Waals surface area contributed by atoms with Gasteiger partial charge >= 0.3 is 0 Å². The molecule has 0 atom stereocenters. The van der Waals surface area contributed by atoms with Gasteiger partial charge in [-0.3, -0.25) is 9.59 Å². The van der Waals surface area contributed by atoms with E-state index in [0.29, 0.717) is 33.1 Å². The van der Waals surface area contributed by atoms with Gasteiger partial charge in [-0.1, -0.05) is 54.6 Å². The van der Waals surface area contributed by atoms with Crippen molar-refractivity contribution < 1.29 is 4.42 Å². The number of rotatable bonds is 3. The Labute approximate surface area is 170 Å². The van der Waals surface area contributed by atoms with E-state index in [9.17, 15) is 9.59 Å². The smallest absolute Gasteiger partial charge is 0.256 e. The fraction of sp³-hybridized carbons (Fsp3) is 0. The minimum atomic E-state index is -0.353. The van der Waals surface area contributed by atoms with E-state index in [1.807, 2.05) is 36.4 Å². The van der Waals surface area contributed by atoms with Crippen LogP contribution in [0.4, 0.5) is 0 Å². The molecule has 30 heavy (non-hydrogen) atoms. The first-order chi connectivity index (χ1) is 14.7. The number of fused-ring (bicyclic) bond motifs is 2. The number of hydrogen-bond donors (Lipinski definition) is 1. The van der Waals surface area contributed by atoms with E-state index in [-0.39, 0.29) is 16.9 Å². The fourth-order valence-corrected chi connectivity index (χ4v) is 3.40. The molecule has 5 aromatic rings. The van der Waals surface area contributed by atoms with Gasteiger partial charge in [0.05, 0.1) is 16.5 Å². The summed E-state index contributed by atoms with van der Waals surface area (Å²) in [7, 11) is 0. The Hall–Kier alpha value is -4.32. The van der Waals surface area contributed by atoms with E-state index in [1.165, 1.54) is 0 Å². The first-order valence-corrected chi connectivity index (χ1v) is 9.36. The van der Waals surface area contributed by atoms with Gasteiger partial charge in [0, 0.05) is 16.8 Å². The van der Waals surface area contributed by atoms with Crippen molar-refractivity contribution in [3.05, 3.63) is 105 Å². The van der Waals surface area contributed by atoms with Gasteiger partial charge in [-0.2, -0.15) is 0 Å². The largest absolute Gasteiger partial charge is 0.417 e. The zero-order valence-electron chi connectivity index (χ0n) is 15.7. The van der Waals surface area contributed by atoms with Crippen LogP contribution in [0.25, 0.3) is 45.3 Å². The standard InChI is InChI=1S/C24H15N3O3/c28-22-16-9-4-5-10-17(16)23(29)25-21-18(22)11-6-12-19(21)24-27-26-20(30-24)14-13-15-7-2-1-3-8-15/h1-14H,(H,25,29)/b14-13+. The van der Waals surface area contributed by atoms with E-state index in [1.54, 1.807) is 48.5 Å². The Bertz CT molecular complexity index is 1530. The molecule has 0 saturated heterocycles. The fourth-order valence-electron chi connectivity index (χ4n) is 3.40. The van der Waals surface area contributed by atoms with Crippen molar-refractivity contribution in [2.75, 3.05) is 0 Å². The Balaban J connectivity index is 1.67. The summed E-state index contributed by atoms with van der Waals surface area (Å²) in [4.78, 5) is 28.6. The van der Waals surface area contributed by atoms with Gasteiger partial charge in [0.2, 0.25) is 11.8 Å². The van der Waals surface area contributed by atoms with Crippen LogP contribution < -0.4 is 11.0 Å². The third kappa shape index (κ3) is 3.10. The molecule has 0 unspecified atom stereocenters. The van der Waals surface area contributed by atoms with Crippen molar-refractivity contribution in [3.8, 4) is 11.5 Å². The van der Waals surface area contributed by atoms with E-state index in [0.717, 1.165) is 5.56 Å². The molecule has 0 aliphatic carbocycles. The minimum Gasteiger partial charge on any atom is -0.417 e. The lowest BCUT2D eigenvalue weighted by atomic mass is 10.1. The first-order valence-electron chi connectivity index (χ1n) is 9.36. The highest BCUT2D eigenvalue weighted by Gasteiger charge is 2.14. The molecule has 0 aliphatic rings. The molecule has 3 aromatic carbocycles. The maximum absolute atomic E-state index is 13.1. The minimum absolute atomic E-state index is 0.221. The van der Waals surface area contributed by atoms with Crippen molar-refractivity contribution >= 4 is 33.8 Å². The number of aromatic amines is 1. The van der Waals surface area contributed by atoms with Gasteiger partial charge < -0.3 is 9.40 Å². The van der Waals surface area contributed by atoms with Crippen LogP contribution in [0, 0.1) is 0 Å². The van der Waals surface area contributed by atoms with Crippen molar-refractivity contribution in [1.82, 2.24) is 15.2 Å². The highest BCUT2D eigenvalue weighted by molar-refractivity contribution is 5.96. The van der Waals surface area contributed by atoms with Crippen molar-refractivity contribution in [2.45, 2.75) is 0 Å². The number of H-pyrrole nitrogens is 1. The predicted molar refractivity (Wildman–Crippen MR) is 117 cm³/mol. The zero-order valence-corrected chi connectivity index (χ0v) is 15.7. The van der Waals surface area contributed by atoms with Crippen molar-refractivity contribution in [1.29, 1.82) is 0 Å². The van der Waals surface area contributed by atoms with Crippen molar-refractivity contribution in [3.63, 3.8) is 0 Å². The monoisotopic (exact) mass is 393 g/mol. The lowest BCUT2D eigenvalue weighted by molar-refractivity contribution is 0.558. The Morgan fingerprint density at radius 3 is 2.30 bits per heavy atom. The molecule has 0 aliphatic heterocycles. The molecule has 6 nitrogen and oxygen atoms in total. The van der Waals surface area contributed by atoms with Gasteiger partial charge in [0.25, 0.3) is 5.56 Å². The van der Waals surface area contributed by atoms with Crippen LogP contribution in [-0.2, 0) is 0 Å². The molecular weight excluding hydrogens is 378 g/mol. The molecule has 0 radical (unpaired) electrons. The van der Waals surface area contributed by atoms with Gasteiger partial charge in [-0.05, 0) is 29.8 Å². The van der Waals surface area contributed by atoms with Crippen LogP contribution in [0.1, 0.15) is 11.5 Å². The summed E-state index contributed by atoms with van der Waals surface area (Å²) in [5.41, 5.74) is 1.28. The number of nitrogens with one attached hydrogen (secondary N) is 1. The lowest BCUT2D eigenvalue weighted by Gasteiger charge is -1.98. The Morgan fingerprint density at radius 1 is 0.733 bits per heavy atom. The maximum Gasteiger partial charge on any atom is 0.256 e. The summed E-state index contributed by atoms with van der Waals surface area (Å²) < 4.78 is 5.77. The normalized spacial score (nSPS) is 11.5. The van der Waals surface area contributed by atoms with Crippen LogP contribution in [0.2, 0.25) is 0 Å². The molecule has 0 saturated carbocycles. The number of benzene rings is 3. The van der Waals surface area contributed by atoms with Crippen LogP contribution >= 0.6 is 0 Å². The number of para-hydroxylation sites is 1. The van der Waals surface area contributed by atoms with Crippen LogP contribution in [-0.4, -0.2) is 15.2 Å². The summed E-state index contributed by atoms with van der Waals surface area (Å²) in [6, 6.07) is 21.6. The summed E-state index contributed by atoms with van der Waals surface area (Å²) in [6.45, 7) is 0. The predicted octanol–water partition coefficient (Wildman–Crippen LogP) is 4.26. The van der Waals surface area contributed by atoms with Crippen LogP contribution in [0.15, 0.2) is 86.8 Å². The van der Waals surface area contributed by atoms with Gasteiger partial charge in [-0.25, -0.2) is 0 Å². The molecule has 2 heterocycles. The number of hydrogen-bond acceptors (Lipinski definition) is 5. The summed E-state index contributed by atoms with van der Waals surface area (Å²) >= 11 is 0. The molecule has 144 valence electrons. The quantitative estimate of drug-likeness (QED) is 0.495. The molecule has 0 amide bonds. The van der Waals surface area contributed by atoms with E-state index >= 15 is 0 Å². The molecule has 2 aromatic heterocycles. The summed E-state index contributed by atoms with van der Waals surface area (Å²) in [5.74, 6) is 0.541. The second kappa shape index (κ2) is 7.25. The maximum atomic E-state index is 13.1. The highest BCUT2D eigenvalue weighted by Crippen LogP contribution is 2.25. The SMILES string of the molecule is O=c1[nH]c2c(-c3nnc(/C=C/c4ccccc4)o3)cccc2c(=O)c2ccccc12. The molecule has 0 fully saturated rings. The molecule has 5 rings (SSSR count). The van der Waals surface area contributed by atoms with Crippen LogP contribution in [0.3, 0.4) is 0 Å². The van der Waals surface area contributed by atoms with Crippen LogP contribution in [0.5, 0.6) is 0 Å². The third-order valence-corrected chi connectivity index (χ3v) is 4.85. The third-order valence-electron chi connectivity index (χ3n) is 4.85. The van der Waals surface area contributed by atoms with Crippen molar-refractivity contribution in [2.24, 2.45) is 0 Å². The molecule has 0 spiro atoms. The Morgan fingerprint density at radius 2 is 1.47 bits per heavy atom. The lowest BCUT2D eigenvalue weighted by Crippen LogP contribution is -2.02. The summed E-state index contributed by atoms with van der Waals surface area (Å²) in [5, 5.41) is 9.24. The zero-order chi connectivity index (χ0) is 20.5. The van der Waals surface area contributed by atoms with E-state index in [4.69, 9.17) is 4.42 Å². The number of nitrogens with zero attached hydrogens (tertiary/aromatic N) is 2. The average molecular weight is 393 g/mol. The Kier molecular flexibility index (Phi) is 4.29. The molecule has 1 N–H and O–H groups in total. The first kappa shape index (κ1) is 17.8. The second-order valence-corrected chi connectivity index (χ2v) is 6.75. The summed E-state index contributed by atoms with van der Waals surface area (Å²) in [6.07, 6.45) is 3.58. The van der Waals surface area contributed by atoms with E-state index in [2.05, 4.69) is 15.2 Å². The van der Waals surface area contributed by atoms with Gasteiger partial charge in [0.15, 0.2) is 5.43 Å². The topological polar surface area (TPSA) is 88.8 Å². The van der Waals surface area contributed by atoms with Gasteiger partial charge in [0.1, 0.15) is 0 Å². The highest BCUT2D eigenvalue weighted by atomic mass is 16.4. The molecule has 6 heteroatoms. The molecular formula is C24H15N3O3. The molecule has 0 bridgehead atoms. The number of aromatic nitrogens is 3. The second-order valence-electron chi connectivity index (χ2n) is 6.75.